The van der Waals surface area contributed by atoms with Crippen molar-refractivity contribution in [1.29, 1.82) is 0 Å². The third-order valence-corrected chi connectivity index (χ3v) is 1.84. The van der Waals surface area contributed by atoms with Crippen molar-refractivity contribution in [1.82, 2.24) is 9.91 Å². The molecule has 64 valence electrons. The maximum atomic E-state index is 11.0. The molecule has 1 amide bonds. The molecule has 1 rings (SSSR count). The lowest BCUT2D eigenvalue weighted by Crippen LogP contribution is -2.52. The molecule has 11 heavy (non-hydrogen) atoms. The lowest BCUT2D eigenvalue weighted by atomic mass is 10.3. The van der Waals surface area contributed by atoms with Gasteiger partial charge in [-0.05, 0) is 0 Å². The number of nitrogens with two attached hydrogens (primary N) is 2. The van der Waals surface area contributed by atoms with Crippen molar-refractivity contribution in [3.05, 3.63) is 0 Å². The van der Waals surface area contributed by atoms with Gasteiger partial charge < -0.3 is 10.6 Å². The summed E-state index contributed by atoms with van der Waals surface area (Å²) in [4.78, 5) is 12.8. The van der Waals surface area contributed by atoms with E-state index in [2.05, 4.69) is 0 Å². The molecule has 4 N–H and O–H groups in total. The number of hydrazine groups is 1. The van der Waals surface area contributed by atoms with E-state index < -0.39 is 0 Å². The fraction of sp³-hybridized carbons (Fsp3) is 0.833. The van der Waals surface area contributed by atoms with Crippen LogP contribution in [-0.4, -0.2) is 48.5 Å². The van der Waals surface area contributed by atoms with Crippen molar-refractivity contribution >= 4 is 5.91 Å². The Labute approximate surface area is 65.9 Å². The molecule has 5 nitrogen and oxygen atoms in total. The van der Waals surface area contributed by atoms with Crippen LogP contribution < -0.4 is 11.6 Å². The van der Waals surface area contributed by atoms with E-state index >= 15 is 0 Å². The van der Waals surface area contributed by atoms with Gasteiger partial charge in [-0.2, -0.15) is 0 Å². The van der Waals surface area contributed by atoms with Crippen molar-refractivity contribution < 1.29 is 4.79 Å². The Morgan fingerprint density at radius 1 is 1.27 bits per heavy atom. The molecule has 0 aromatic rings. The van der Waals surface area contributed by atoms with Crippen molar-refractivity contribution in [3.63, 3.8) is 0 Å². The van der Waals surface area contributed by atoms with Gasteiger partial charge in [0.25, 0.3) is 0 Å². The van der Waals surface area contributed by atoms with Gasteiger partial charge in [-0.15, -0.1) is 0 Å². The minimum absolute atomic E-state index is 0.0121. The van der Waals surface area contributed by atoms with Gasteiger partial charge in [0.1, 0.15) is 0 Å². The van der Waals surface area contributed by atoms with Crippen molar-refractivity contribution in [2.24, 2.45) is 11.6 Å². The number of hydrogen-bond donors (Lipinski definition) is 2. The number of nitrogens with zero attached hydrogens (tertiary/aromatic N) is 2. The summed E-state index contributed by atoms with van der Waals surface area (Å²) in [5.74, 6) is 5.51. The molecule has 0 aromatic heterocycles. The molecule has 0 radical (unpaired) electrons. The Kier molecular flexibility index (Phi) is 2.81. The maximum Gasteiger partial charge on any atom is 0.236 e. The molecule has 1 fully saturated rings. The SMILES string of the molecule is NCC(=O)N1CCN(N)CC1. The first-order chi connectivity index (χ1) is 5.24. The number of carbonyl (C=O) groups is 1. The van der Waals surface area contributed by atoms with Crippen LogP contribution in [0.3, 0.4) is 0 Å². The molecule has 5 heteroatoms. The Hall–Kier alpha value is -0.650. The molecule has 1 saturated heterocycles. The molecule has 0 bridgehead atoms. The van der Waals surface area contributed by atoms with Crippen molar-refractivity contribution in [2.45, 2.75) is 0 Å². The van der Waals surface area contributed by atoms with E-state index in [1.165, 1.54) is 0 Å². The highest BCUT2D eigenvalue weighted by Gasteiger charge is 2.17. The highest BCUT2D eigenvalue weighted by molar-refractivity contribution is 5.78. The number of rotatable bonds is 1. The van der Waals surface area contributed by atoms with E-state index in [4.69, 9.17) is 11.6 Å². The molecular weight excluding hydrogens is 144 g/mol. The van der Waals surface area contributed by atoms with E-state index in [1.807, 2.05) is 0 Å². The second-order valence-corrected chi connectivity index (χ2v) is 2.62. The minimum atomic E-state index is 0.0121. The van der Waals surface area contributed by atoms with Crippen LogP contribution in [0.15, 0.2) is 0 Å². The number of carbonyl (C=O) groups excluding carboxylic acids is 1. The first-order valence-corrected chi connectivity index (χ1v) is 3.71. The summed E-state index contributed by atoms with van der Waals surface area (Å²) in [7, 11) is 0. The van der Waals surface area contributed by atoms with Gasteiger partial charge in [0.05, 0.1) is 6.54 Å². The highest BCUT2D eigenvalue weighted by atomic mass is 16.2. The number of hydrogen-bond acceptors (Lipinski definition) is 4. The second-order valence-electron chi connectivity index (χ2n) is 2.62. The average molecular weight is 158 g/mol. The van der Waals surface area contributed by atoms with E-state index in [0.29, 0.717) is 13.1 Å². The number of piperazine rings is 1. The van der Waals surface area contributed by atoms with E-state index in [9.17, 15) is 4.79 Å². The molecular formula is C6H14N4O. The van der Waals surface area contributed by atoms with Gasteiger partial charge in [-0.25, -0.2) is 5.01 Å². The monoisotopic (exact) mass is 158 g/mol. The van der Waals surface area contributed by atoms with Crippen LogP contribution in [0.5, 0.6) is 0 Å². The molecule has 1 aliphatic heterocycles. The quantitative estimate of drug-likeness (QED) is 0.431. The molecule has 0 unspecified atom stereocenters. The van der Waals surface area contributed by atoms with Gasteiger partial charge in [-0.1, -0.05) is 0 Å². The van der Waals surface area contributed by atoms with Gasteiger partial charge in [0.2, 0.25) is 5.91 Å². The zero-order chi connectivity index (χ0) is 8.27. The van der Waals surface area contributed by atoms with Crippen LogP contribution in [0.4, 0.5) is 0 Å². The van der Waals surface area contributed by atoms with E-state index in [0.717, 1.165) is 13.1 Å². The minimum Gasteiger partial charge on any atom is -0.339 e. The lowest BCUT2D eigenvalue weighted by Gasteiger charge is -2.31. The molecule has 0 atom stereocenters. The lowest BCUT2D eigenvalue weighted by molar-refractivity contribution is -0.131. The summed E-state index contributed by atoms with van der Waals surface area (Å²) in [5, 5.41) is 1.71. The van der Waals surface area contributed by atoms with Crippen LogP contribution in [0, 0.1) is 0 Å². The largest absolute Gasteiger partial charge is 0.339 e. The van der Waals surface area contributed by atoms with Gasteiger partial charge >= 0.3 is 0 Å². The summed E-state index contributed by atoms with van der Waals surface area (Å²) in [5.41, 5.74) is 5.20. The van der Waals surface area contributed by atoms with Gasteiger partial charge in [0, 0.05) is 26.2 Å². The van der Waals surface area contributed by atoms with Crippen LogP contribution >= 0.6 is 0 Å². The van der Waals surface area contributed by atoms with Crippen LogP contribution in [0.2, 0.25) is 0 Å². The molecule has 0 saturated carbocycles. The van der Waals surface area contributed by atoms with Crippen LogP contribution in [0.1, 0.15) is 0 Å². The Morgan fingerprint density at radius 2 is 1.82 bits per heavy atom. The third kappa shape index (κ3) is 2.14. The molecule has 1 aliphatic rings. The second kappa shape index (κ2) is 3.66. The van der Waals surface area contributed by atoms with E-state index in [-0.39, 0.29) is 12.5 Å². The Bertz CT molecular complexity index is 142. The maximum absolute atomic E-state index is 11.0. The number of amides is 1. The average Bonchev–Trinajstić information content (AvgIpc) is 2.05. The fourth-order valence-electron chi connectivity index (χ4n) is 1.10. The smallest absolute Gasteiger partial charge is 0.236 e. The van der Waals surface area contributed by atoms with Crippen molar-refractivity contribution in [3.8, 4) is 0 Å². The van der Waals surface area contributed by atoms with Crippen LogP contribution in [0.25, 0.3) is 0 Å². The summed E-state index contributed by atoms with van der Waals surface area (Å²) >= 11 is 0. The first-order valence-electron chi connectivity index (χ1n) is 3.71. The predicted octanol–water partition coefficient (Wildman–Crippen LogP) is -2.04. The highest BCUT2D eigenvalue weighted by Crippen LogP contribution is 1.96. The van der Waals surface area contributed by atoms with Gasteiger partial charge in [-0.3, -0.25) is 10.6 Å². The molecule has 0 aliphatic carbocycles. The fourth-order valence-corrected chi connectivity index (χ4v) is 1.10. The van der Waals surface area contributed by atoms with Crippen molar-refractivity contribution in [2.75, 3.05) is 32.7 Å². The Morgan fingerprint density at radius 3 is 2.27 bits per heavy atom. The van der Waals surface area contributed by atoms with E-state index in [1.54, 1.807) is 9.91 Å². The third-order valence-electron chi connectivity index (χ3n) is 1.84. The molecule has 1 heterocycles. The summed E-state index contributed by atoms with van der Waals surface area (Å²) in [6.07, 6.45) is 0. The standard InChI is InChI=1S/C6H14N4O/c7-5-6(11)9-1-3-10(8)4-2-9/h1-5,7-8H2. The Balaban J connectivity index is 2.33. The summed E-state index contributed by atoms with van der Waals surface area (Å²) in [6.45, 7) is 2.99. The van der Waals surface area contributed by atoms with Gasteiger partial charge in [0.15, 0.2) is 0 Å². The summed E-state index contributed by atoms with van der Waals surface area (Å²) in [6, 6.07) is 0. The zero-order valence-corrected chi connectivity index (χ0v) is 6.49. The normalized spacial score (nSPS) is 20.4. The summed E-state index contributed by atoms with van der Waals surface area (Å²) < 4.78 is 0. The molecule has 0 aromatic carbocycles. The first kappa shape index (κ1) is 8.45. The topological polar surface area (TPSA) is 75.6 Å². The predicted molar refractivity (Wildman–Crippen MR) is 41.4 cm³/mol. The molecule has 0 spiro atoms. The zero-order valence-electron chi connectivity index (χ0n) is 6.49. The van der Waals surface area contributed by atoms with Crippen LogP contribution in [-0.2, 0) is 4.79 Å².